The molecule has 0 atom stereocenters. The van der Waals surface area contributed by atoms with Crippen LogP contribution in [0.4, 0.5) is 5.69 Å². The van der Waals surface area contributed by atoms with Gasteiger partial charge in [0.15, 0.2) is 0 Å². The fourth-order valence-corrected chi connectivity index (χ4v) is 2.34. The second-order valence-electron chi connectivity index (χ2n) is 7.09. The molecule has 0 aromatic heterocycles. The third kappa shape index (κ3) is 3.85. The van der Waals surface area contributed by atoms with Crippen molar-refractivity contribution >= 4 is 17.5 Å². The lowest BCUT2D eigenvalue weighted by atomic mass is 9.86. The molecule has 120 valence electrons. The molecule has 22 heavy (non-hydrogen) atoms. The lowest BCUT2D eigenvalue weighted by Crippen LogP contribution is -2.39. The van der Waals surface area contributed by atoms with Gasteiger partial charge in [-0.3, -0.25) is 9.59 Å². The van der Waals surface area contributed by atoms with Gasteiger partial charge in [0.1, 0.15) is 0 Å². The Morgan fingerprint density at radius 2 is 1.82 bits per heavy atom. The molecule has 5 nitrogen and oxygen atoms in total. The smallest absolute Gasteiger partial charge is 0.313 e. The van der Waals surface area contributed by atoms with Gasteiger partial charge in [0, 0.05) is 17.6 Å². The molecular formula is C17H24N2O3. The maximum Gasteiger partial charge on any atom is 0.313 e. The third-order valence-electron chi connectivity index (χ3n) is 4.11. The molecule has 1 fully saturated rings. The summed E-state index contributed by atoms with van der Waals surface area (Å²) in [6.07, 6.45) is 1.77. The van der Waals surface area contributed by atoms with Gasteiger partial charge < -0.3 is 15.7 Å². The number of benzene rings is 1. The highest BCUT2D eigenvalue weighted by molar-refractivity contribution is 6.39. The Hall–Kier alpha value is -1.88. The van der Waals surface area contributed by atoms with Gasteiger partial charge in [-0.05, 0) is 29.9 Å². The molecule has 0 aliphatic heterocycles. The topological polar surface area (TPSA) is 78.4 Å². The van der Waals surface area contributed by atoms with Gasteiger partial charge in [-0.1, -0.05) is 39.0 Å². The first-order valence-corrected chi connectivity index (χ1v) is 7.57. The second-order valence-corrected chi connectivity index (χ2v) is 7.09. The number of carbonyl (C=O) groups is 2. The van der Waals surface area contributed by atoms with Gasteiger partial charge in [0.25, 0.3) is 0 Å². The zero-order chi connectivity index (χ0) is 16.4. The predicted molar refractivity (Wildman–Crippen MR) is 85.5 cm³/mol. The first kappa shape index (κ1) is 16.5. The normalized spacial score (nSPS) is 16.0. The highest BCUT2D eigenvalue weighted by atomic mass is 16.3. The van der Waals surface area contributed by atoms with Crippen LogP contribution in [0.15, 0.2) is 24.3 Å². The Bertz CT molecular complexity index is 572. The fourth-order valence-electron chi connectivity index (χ4n) is 2.34. The van der Waals surface area contributed by atoms with Crippen LogP contribution in [0.25, 0.3) is 0 Å². The van der Waals surface area contributed by atoms with Crippen molar-refractivity contribution in [1.29, 1.82) is 0 Å². The summed E-state index contributed by atoms with van der Waals surface area (Å²) in [5.41, 5.74) is 1.29. The number of nitrogens with one attached hydrogen (secondary N) is 2. The van der Waals surface area contributed by atoms with E-state index in [1.54, 1.807) is 6.07 Å². The Balaban J connectivity index is 1.98. The van der Waals surface area contributed by atoms with E-state index in [-0.39, 0.29) is 17.4 Å². The summed E-state index contributed by atoms with van der Waals surface area (Å²) in [6.45, 7) is 6.54. The molecule has 0 bridgehead atoms. The van der Waals surface area contributed by atoms with E-state index in [9.17, 15) is 14.7 Å². The number of hydrogen-bond acceptors (Lipinski definition) is 3. The minimum atomic E-state index is -0.676. The molecule has 0 radical (unpaired) electrons. The first-order chi connectivity index (χ1) is 10.3. The zero-order valence-corrected chi connectivity index (χ0v) is 13.4. The standard InChI is InChI=1S/C17H24N2O3/c1-16(2,3)12-6-4-5-7-13(12)19-15(22)14(21)18-10-17(11-20)8-9-17/h4-7,20H,8-11H2,1-3H3,(H,18,21)(H,19,22). The number of carbonyl (C=O) groups excluding carboxylic acids is 2. The minimum absolute atomic E-state index is 0.0434. The summed E-state index contributed by atoms with van der Waals surface area (Å²) in [5.74, 6) is -1.34. The first-order valence-electron chi connectivity index (χ1n) is 7.57. The number of amides is 2. The minimum Gasteiger partial charge on any atom is -0.396 e. The highest BCUT2D eigenvalue weighted by Crippen LogP contribution is 2.44. The highest BCUT2D eigenvalue weighted by Gasteiger charge is 2.42. The zero-order valence-electron chi connectivity index (χ0n) is 13.4. The van der Waals surface area contributed by atoms with Crippen LogP contribution in [-0.4, -0.2) is 30.1 Å². The van der Waals surface area contributed by atoms with Crippen LogP contribution in [-0.2, 0) is 15.0 Å². The lowest BCUT2D eigenvalue weighted by Gasteiger charge is -2.23. The van der Waals surface area contributed by atoms with Gasteiger partial charge in [0.05, 0.1) is 6.61 Å². The number of aliphatic hydroxyl groups excluding tert-OH is 1. The van der Waals surface area contributed by atoms with Crippen LogP contribution in [0.5, 0.6) is 0 Å². The van der Waals surface area contributed by atoms with E-state index in [0.29, 0.717) is 12.2 Å². The molecule has 0 heterocycles. The number of para-hydroxylation sites is 1. The maximum atomic E-state index is 12.0. The summed E-state index contributed by atoms with van der Waals surface area (Å²) in [7, 11) is 0. The predicted octanol–water partition coefficient (Wildman–Crippen LogP) is 1.81. The van der Waals surface area contributed by atoms with Gasteiger partial charge in [-0.25, -0.2) is 0 Å². The van der Waals surface area contributed by atoms with Gasteiger partial charge in [-0.2, -0.15) is 0 Å². The van der Waals surface area contributed by atoms with E-state index >= 15 is 0 Å². The lowest BCUT2D eigenvalue weighted by molar-refractivity contribution is -0.136. The quantitative estimate of drug-likeness (QED) is 0.742. The molecule has 5 heteroatoms. The average molecular weight is 304 g/mol. The summed E-state index contributed by atoms with van der Waals surface area (Å²) in [4.78, 5) is 23.9. The molecule has 0 saturated heterocycles. The third-order valence-corrected chi connectivity index (χ3v) is 4.11. The van der Waals surface area contributed by atoms with Crippen molar-refractivity contribution in [2.75, 3.05) is 18.5 Å². The molecule has 0 spiro atoms. The maximum absolute atomic E-state index is 12.0. The van der Waals surface area contributed by atoms with E-state index in [0.717, 1.165) is 18.4 Å². The largest absolute Gasteiger partial charge is 0.396 e. The molecule has 1 saturated carbocycles. The molecule has 1 aromatic rings. The monoisotopic (exact) mass is 304 g/mol. The number of hydrogen-bond donors (Lipinski definition) is 3. The van der Waals surface area contributed by atoms with Crippen molar-refractivity contribution < 1.29 is 14.7 Å². The van der Waals surface area contributed by atoms with Crippen LogP contribution >= 0.6 is 0 Å². The molecule has 1 aliphatic rings. The van der Waals surface area contributed by atoms with Crippen molar-refractivity contribution in [3.63, 3.8) is 0 Å². The summed E-state index contributed by atoms with van der Waals surface area (Å²) in [5, 5.41) is 14.5. The number of rotatable bonds is 4. The molecule has 2 amide bonds. The van der Waals surface area contributed by atoms with Gasteiger partial charge in [-0.15, -0.1) is 0 Å². The molecule has 0 unspecified atom stereocenters. The number of aliphatic hydroxyl groups is 1. The Labute approximate surface area is 131 Å². The van der Waals surface area contributed by atoms with Crippen LogP contribution in [0.3, 0.4) is 0 Å². The SMILES string of the molecule is CC(C)(C)c1ccccc1NC(=O)C(=O)NCC1(CO)CC1. The number of anilines is 1. The summed E-state index contributed by atoms with van der Waals surface area (Å²) < 4.78 is 0. The summed E-state index contributed by atoms with van der Waals surface area (Å²) in [6, 6.07) is 7.47. The molecular weight excluding hydrogens is 280 g/mol. The van der Waals surface area contributed by atoms with Gasteiger partial charge >= 0.3 is 11.8 Å². The van der Waals surface area contributed by atoms with Crippen LogP contribution in [0.1, 0.15) is 39.2 Å². The average Bonchev–Trinajstić information content (AvgIpc) is 3.25. The van der Waals surface area contributed by atoms with Crippen LogP contribution < -0.4 is 10.6 Å². The van der Waals surface area contributed by atoms with Gasteiger partial charge in [0.2, 0.25) is 0 Å². The van der Waals surface area contributed by atoms with Crippen molar-refractivity contribution in [1.82, 2.24) is 5.32 Å². The van der Waals surface area contributed by atoms with E-state index in [2.05, 4.69) is 31.4 Å². The van der Waals surface area contributed by atoms with Crippen molar-refractivity contribution in [2.24, 2.45) is 5.41 Å². The van der Waals surface area contributed by atoms with E-state index in [4.69, 9.17) is 0 Å². The van der Waals surface area contributed by atoms with Crippen LogP contribution in [0.2, 0.25) is 0 Å². The molecule has 2 rings (SSSR count). The molecule has 3 N–H and O–H groups in total. The Morgan fingerprint density at radius 3 is 2.36 bits per heavy atom. The molecule has 1 aromatic carbocycles. The Kier molecular flexibility index (Phi) is 4.56. The van der Waals surface area contributed by atoms with E-state index in [1.807, 2.05) is 18.2 Å². The Morgan fingerprint density at radius 1 is 1.18 bits per heavy atom. The van der Waals surface area contributed by atoms with Crippen molar-refractivity contribution in [3.8, 4) is 0 Å². The van der Waals surface area contributed by atoms with E-state index in [1.165, 1.54) is 0 Å². The van der Waals surface area contributed by atoms with Crippen molar-refractivity contribution in [3.05, 3.63) is 29.8 Å². The second kappa shape index (κ2) is 6.08. The van der Waals surface area contributed by atoms with E-state index < -0.39 is 11.8 Å². The van der Waals surface area contributed by atoms with Crippen molar-refractivity contribution in [2.45, 2.75) is 39.0 Å². The summed E-state index contributed by atoms with van der Waals surface area (Å²) >= 11 is 0. The van der Waals surface area contributed by atoms with Crippen LogP contribution in [0, 0.1) is 5.41 Å². The fraction of sp³-hybridized carbons (Fsp3) is 0.529. The molecule has 1 aliphatic carbocycles.